The largest absolute Gasteiger partial charge is 0.371 e. The summed E-state index contributed by atoms with van der Waals surface area (Å²) in [5.41, 5.74) is 4.03. The standard InChI is InChI=1S/C28H35N5O3/c1-19(2)21-9-11-22(12-10-21)28-31-27(36-32-28)14-13-25(34)29-20(3)17-26(35)30-23-7-6-8-24(18-23)33-15-4-5-16-33/h6-12,18-20H,4-5,13-17H2,1-3H3,(H,29,34)(H,30,35). The molecule has 190 valence electrons. The van der Waals surface area contributed by atoms with Crippen molar-refractivity contribution in [2.45, 2.75) is 64.8 Å². The van der Waals surface area contributed by atoms with Crippen LogP contribution in [0.4, 0.5) is 11.4 Å². The zero-order valence-electron chi connectivity index (χ0n) is 21.3. The lowest BCUT2D eigenvalue weighted by atomic mass is 10.0. The van der Waals surface area contributed by atoms with Crippen LogP contribution in [0.15, 0.2) is 53.1 Å². The first-order chi connectivity index (χ1) is 17.4. The smallest absolute Gasteiger partial charge is 0.227 e. The van der Waals surface area contributed by atoms with E-state index in [0.29, 0.717) is 24.1 Å². The molecule has 1 aliphatic heterocycles. The molecule has 1 fully saturated rings. The number of aromatic nitrogens is 2. The Hall–Kier alpha value is -3.68. The number of aryl methyl sites for hydroxylation is 1. The Balaban J connectivity index is 1.21. The monoisotopic (exact) mass is 489 g/mol. The van der Waals surface area contributed by atoms with E-state index in [-0.39, 0.29) is 30.7 Å². The fraction of sp³-hybridized carbons (Fsp3) is 0.429. The summed E-state index contributed by atoms with van der Waals surface area (Å²) in [6.45, 7) is 8.22. The van der Waals surface area contributed by atoms with Gasteiger partial charge in [-0.05, 0) is 49.4 Å². The van der Waals surface area contributed by atoms with Gasteiger partial charge in [0.15, 0.2) is 0 Å². The van der Waals surface area contributed by atoms with E-state index in [1.54, 1.807) is 0 Å². The molecule has 4 rings (SSSR count). The van der Waals surface area contributed by atoms with Crippen molar-refractivity contribution in [2.24, 2.45) is 0 Å². The van der Waals surface area contributed by atoms with E-state index in [4.69, 9.17) is 4.52 Å². The van der Waals surface area contributed by atoms with Crippen LogP contribution < -0.4 is 15.5 Å². The van der Waals surface area contributed by atoms with Crippen LogP contribution in [0.3, 0.4) is 0 Å². The Labute approximate surface area is 212 Å². The van der Waals surface area contributed by atoms with Gasteiger partial charge >= 0.3 is 0 Å². The van der Waals surface area contributed by atoms with E-state index in [1.165, 1.54) is 18.4 Å². The molecule has 8 nitrogen and oxygen atoms in total. The fourth-order valence-electron chi connectivity index (χ4n) is 4.36. The van der Waals surface area contributed by atoms with Gasteiger partial charge in [0.1, 0.15) is 0 Å². The summed E-state index contributed by atoms with van der Waals surface area (Å²) in [5.74, 6) is 1.09. The van der Waals surface area contributed by atoms with Crippen molar-refractivity contribution >= 4 is 23.2 Å². The van der Waals surface area contributed by atoms with Crippen LogP contribution in [0.5, 0.6) is 0 Å². The van der Waals surface area contributed by atoms with Crippen LogP contribution in [-0.4, -0.2) is 41.1 Å². The molecule has 2 amide bonds. The molecular weight excluding hydrogens is 454 g/mol. The average molecular weight is 490 g/mol. The molecule has 1 unspecified atom stereocenters. The molecule has 0 saturated carbocycles. The maximum atomic E-state index is 12.5. The molecular formula is C28H35N5O3. The molecule has 1 atom stereocenters. The van der Waals surface area contributed by atoms with E-state index in [0.717, 1.165) is 30.0 Å². The molecule has 0 aliphatic carbocycles. The van der Waals surface area contributed by atoms with Gasteiger partial charge in [-0.25, -0.2) is 0 Å². The maximum absolute atomic E-state index is 12.5. The van der Waals surface area contributed by atoms with Gasteiger partial charge in [-0.2, -0.15) is 4.98 Å². The minimum Gasteiger partial charge on any atom is -0.371 e. The average Bonchev–Trinajstić information content (AvgIpc) is 3.55. The lowest BCUT2D eigenvalue weighted by Gasteiger charge is -2.19. The maximum Gasteiger partial charge on any atom is 0.227 e. The van der Waals surface area contributed by atoms with Crippen LogP contribution in [0, 0.1) is 0 Å². The minimum atomic E-state index is -0.294. The highest BCUT2D eigenvalue weighted by Crippen LogP contribution is 2.24. The molecule has 0 radical (unpaired) electrons. The zero-order valence-corrected chi connectivity index (χ0v) is 21.3. The molecule has 2 N–H and O–H groups in total. The van der Waals surface area contributed by atoms with E-state index < -0.39 is 0 Å². The number of hydrogen-bond acceptors (Lipinski definition) is 6. The number of benzene rings is 2. The van der Waals surface area contributed by atoms with Gasteiger partial charge in [-0.1, -0.05) is 49.3 Å². The van der Waals surface area contributed by atoms with Gasteiger partial charge in [0.05, 0.1) is 0 Å². The van der Waals surface area contributed by atoms with Crippen molar-refractivity contribution in [3.8, 4) is 11.4 Å². The van der Waals surface area contributed by atoms with Crippen molar-refractivity contribution < 1.29 is 14.1 Å². The van der Waals surface area contributed by atoms with Crippen LogP contribution in [0.2, 0.25) is 0 Å². The molecule has 8 heteroatoms. The van der Waals surface area contributed by atoms with Gasteiger partial charge in [0, 0.05) is 55.3 Å². The van der Waals surface area contributed by atoms with Gasteiger partial charge in [-0.15, -0.1) is 0 Å². The van der Waals surface area contributed by atoms with Crippen molar-refractivity contribution in [1.29, 1.82) is 0 Å². The van der Waals surface area contributed by atoms with Crippen LogP contribution >= 0.6 is 0 Å². The van der Waals surface area contributed by atoms with E-state index in [9.17, 15) is 9.59 Å². The van der Waals surface area contributed by atoms with Crippen molar-refractivity contribution in [1.82, 2.24) is 15.5 Å². The molecule has 2 heterocycles. The first kappa shape index (κ1) is 25.4. The number of rotatable bonds is 10. The predicted octanol–water partition coefficient (Wildman–Crippen LogP) is 4.93. The van der Waals surface area contributed by atoms with Gasteiger partial charge in [0.2, 0.25) is 23.5 Å². The molecule has 1 aliphatic rings. The highest BCUT2D eigenvalue weighted by atomic mass is 16.5. The summed E-state index contributed by atoms with van der Waals surface area (Å²) in [5, 5.41) is 9.86. The second kappa shape index (κ2) is 11.8. The second-order valence-corrected chi connectivity index (χ2v) is 9.75. The number of carbonyl (C=O) groups is 2. The number of hydrogen-bond donors (Lipinski definition) is 2. The molecule has 1 saturated heterocycles. The Kier molecular flexibility index (Phi) is 8.36. The number of nitrogens with one attached hydrogen (secondary N) is 2. The van der Waals surface area contributed by atoms with Gasteiger partial charge < -0.3 is 20.1 Å². The Bertz CT molecular complexity index is 1170. The molecule has 36 heavy (non-hydrogen) atoms. The normalized spacial score (nSPS) is 14.2. The van der Waals surface area contributed by atoms with Crippen LogP contribution in [0.1, 0.15) is 63.8 Å². The first-order valence-corrected chi connectivity index (χ1v) is 12.7. The summed E-state index contributed by atoms with van der Waals surface area (Å²) in [7, 11) is 0. The molecule has 0 spiro atoms. The molecule has 0 bridgehead atoms. The summed E-state index contributed by atoms with van der Waals surface area (Å²) in [4.78, 5) is 31.6. The van der Waals surface area contributed by atoms with Crippen molar-refractivity contribution in [2.75, 3.05) is 23.3 Å². The zero-order chi connectivity index (χ0) is 25.5. The lowest BCUT2D eigenvalue weighted by molar-refractivity contribution is -0.122. The van der Waals surface area contributed by atoms with Gasteiger partial charge in [0.25, 0.3) is 0 Å². The topological polar surface area (TPSA) is 100 Å². The molecule has 3 aromatic rings. The van der Waals surface area contributed by atoms with Crippen molar-refractivity contribution in [3.63, 3.8) is 0 Å². The van der Waals surface area contributed by atoms with E-state index >= 15 is 0 Å². The first-order valence-electron chi connectivity index (χ1n) is 12.7. The molecule has 2 aromatic carbocycles. The quantitative estimate of drug-likeness (QED) is 0.419. The van der Waals surface area contributed by atoms with Gasteiger partial charge in [-0.3, -0.25) is 9.59 Å². The van der Waals surface area contributed by atoms with E-state index in [1.807, 2.05) is 37.3 Å². The minimum absolute atomic E-state index is 0.133. The third kappa shape index (κ3) is 6.93. The Morgan fingerprint density at radius 3 is 2.50 bits per heavy atom. The van der Waals surface area contributed by atoms with Crippen molar-refractivity contribution in [3.05, 3.63) is 60.0 Å². The molecule has 1 aromatic heterocycles. The third-order valence-electron chi connectivity index (χ3n) is 6.37. The number of amides is 2. The summed E-state index contributed by atoms with van der Waals surface area (Å²) < 4.78 is 5.32. The third-order valence-corrected chi connectivity index (χ3v) is 6.37. The number of nitrogens with zero attached hydrogens (tertiary/aromatic N) is 3. The van der Waals surface area contributed by atoms with E-state index in [2.05, 4.69) is 57.7 Å². The Morgan fingerprint density at radius 2 is 1.78 bits per heavy atom. The highest BCUT2D eigenvalue weighted by molar-refractivity contribution is 5.92. The SMILES string of the molecule is CC(CC(=O)Nc1cccc(N2CCCC2)c1)NC(=O)CCc1nc(-c2ccc(C(C)C)cc2)no1. The van der Waals surface area contributed by atoms with Crippen LogP contribution in [0.25, 0.3) is 11.4 Å². The predicted molar refractivity (Wildman–Crippen MR) is 141 cm³/mol. The number of anilines is 2. The Morgan fingerprint density at radius 1 is 1.03 bits per heavy atom. The summed E-state index contributed by atoms with van der Waals surface area (Å²) in [6, 6.07) is 15.7. The lowest BCUT2D eigenvalue weighted by Crippen LogP contribution is -2.35. The van der Waals surface area contributed by atoms with Crippen LogP contribution in [-0.2, 0) is 16.0 Å². The second-order valence-electron chi connectivity index (χ2n) is 9.75. The highest BCUT2D eigenvalue weighted by Gasteiger charge is 2.16. The summed E-state index contributed by atoms with van der Waals surface area (Å²) >= 11 is 0. The number of carbonyl (C=O) groups excluding carboxylic acids is 2. The summed E-state index contributed by atoms with van der Waals surface area (Å²) in [6.07, 6.45) is 3.14. The fourth-order valence-corrected chi connectivity index (χ4v) is 4.36.